The van der Waals surface area contributed by atoms with Gasteiger partial charge in [0.2, 0.25) is 10.0 Å². The first-order valence-corrected chi connectivity index (χ1v) is 13.4. The van der Waals surface area contributed by atoms with Crippen LogP contribution in [0.25, 0.3) is 11.3 Å². The van der Waals surface area contributed by atoms with Crippen molar-refractivity contribution >= 4 is 32.4 Å². The van der Waals surface area contributed by atoms with Gasteiger partial charge in [-0.1, -0.05) is 37.6 Å². The fraction of sp³-hybridized carbons (Fsp3) is 0.360. The highest BCUT2D eigenvalue weighted by Gasteiger charge is 2.31. The molecule has 0 unspecified atom stereocenters. The topological polar surface area (TPSA) is 79.4 Å². The second-order valence-electron chi connectivity index (χ2n) is 9.10. The Morgan fingerprint density at radius 1 is 1.06 bits per heavy atom. The van der Waals surface area contributed by atoms with E-state index in [0.717, 1.165) is 23.2 Å². The number of piperidine rings is 1. The van der Waals surface area contributed by atoms with Crippen LogP contribution >= 0.6 is 11.3 Å². The predicted molar refractivity (Wildman–Crippen MR) is 133 cm³/mol. The summed E-state index contributed by atoms with van der Waals surface area (Å²) in [6, 6.07) is 12.3. The molecule has 0 bridgehead atoms. The lowest BCUT2D eigenvalue weighted by Gasteiger charge is -2.34. The van der Waals surface area contributed by atoms with Gasteiger partial charge in [-0.05, 0) is 61.9 Å². The minimum Gasteiger partial charge on any atom is -0.298 e. The molecule has 174 valence electrons. The molecule has 1 amide bonds. The Labute approximate surface area is 199 Å². The first-order chi connectivity index (χ1) is 15.6. The van der Waals surface area contributed by atoms with Crippen LogP contribution in [-0.4, -0.2) is 36.7 Å². The van der Waals surface area contributed by atoms with Gasteiger partial charge in [0, 0.05) is 29.6 Å². The lowest BCUT2D eigenvalue weighted by Crippen LogP contribution is -2.42. The van der Waals surface area contributed by atoms with Crippen molar-refractivity contribution in [2.24, 2.45) is 11.8 Å². The monoisotopic (exact) mass is 483 g/mol. The first-order valence-electron chi connectivity index (χ1n) is 11.1. The summed E-state index contributed by atoms with van der Waals surface area (Å²) >= 11 is 1.36. The third kappa shape index (κ3) is 5.18. The van der Waals surface area contributed by atoms with Crippen LogP contribution in [0.2, 0.25) is 0 Å². The Morgan fingerprint density at radius 2 is 1.73 bits per heavy atom. The van der Waals surface area contributed by atoms with Gasteiger partial charge in [0.15, 0.2) is 5.13 Å². The van der Waals surface area contributed by atoms with Crippen LogP contribution in [0.1, 0.15) is 41.8 Å². The number of benzene rings is 2. The molecular weight excluding hydrogens is 454 g/mol. The normalized spacial score (nSPS) is 19.4. The number of rotatable bonds is 5. The Balaban J connectivity index is 1.46. The zero-order valence-electron chi connectivity index (χ0n) is 19.3. The van der Waals surface area contributed by atoms with Gasteiger partial charge in [-0.3, -0.25) is 10.1 Å². The maximum atomic E-state index is 13.1. The highest BCUT2D eigenvalue weighted by Crippen LogP contribution is 2.29. The van der Waals surface area contributed by atoms with E-state index in [9.17, 15) is 13.2 Å². The molecule has 1 saturated heterocycles. The van der Waals surface area contributed by atoms with Crippen molar-refractivity contribution in [1.29, 1.82) is 0 Å². The summed E-state index contributed by atoms with van der Waals surface area (Å²) in [7, 11) is -3.57. The number of sulfonamides is 1. The van der Waals surface area contributed by atoms with E-state index in [2.05, 4.69) is 30.2 Å². The number of carbonyl (C=O) groups is 1. The van der Waals surface area contributed by atoms with Crippen molar-refractivity contribution in [2.45, 2.75) is 39.0 Å². The SMILES string of the molecule is Cc1ccc(-c2csc(NC(=O)c3ccc(S(=O)(=O)N4C[C@@H](C)C[C@H](C)C4)cc3)n2)c(C)c1. The fourth-order valence-electron chi connectivity index (χ4n) is 4.45. The van der Waals surface area contributed by atoms with E-state index in [-0.39, 0.29) is 10.8 Å². The number of nitrogens with one attached hydrogen (secondary N) is 1. The van der Waals surface area contributed by atoms with Gasteiger partial charge < -0.3 is 0 Å². The van der Waals surface area contributed by atoms with Gasteiger partial charge in [0.1, 0.15) is 0 Å². The zero-order valence-corrected chi connectivity index (χ0v) is 21.0. The highest BCUT2D eigenvalue weighted by molar-refractivity contribution is 7.89. The summed E-state index contributed by atoms with van der Waals surface area (Å²) < 4.78 is 27.7. The van der Waals surface area contributed by atoms with Gasteiger partial charge in [-0.15, -0.1) is 11.3 Å². The summed E-state index contributed by atoms with van der Waals surface area (Å²) in [5.74, 6) is 0.349. The molecule has 1 aliphatic heterocycles. The smallest absolute Gasteiger partial charge is 0.257 e. The van der Waals surface area contributed by atoms with E-state index in [4.69, 9.17) is 0 Å². The Hall–Kier alpha value is -2.55. The largest absolute Gasteiger partial charge is 0.298 e. The maximum absolute atomic E-state index is 13.1. The van der Waals surface area contributed by atoms with Gasteiger partial charge in [0.05, 0.1) is 10.6 Å². The van der Waals surface area contributed by atoms with Crippen molar-refractivity contribution in [1.82, 2.24) is 9.29 Å². The van der Waals surface area contributed by atoms with E-state index in [0.29, 0.717) is 35.6 Å². The Kier molecular flexibility index (Phi) is 6.70. The van der Waals surface area contributed by atoms with Gasteiger partial charge in [-0.2, -0.15) is 4.31 Å². The predicted octanol–water partition coefficient (Wildman–Crippen LogP) is 5.35. The molecule has 8 heteroatoms. The highest BCUT2D eigenvalue weighted by atomic mass is 32.2. The molecule has 3 aromatic rings. The minimum absolute atomic E-state index is 0.215. The average Bonchev–Trinajstić information content (AvgIpc) is 3.21. The van der Waals surface area contributed by atoms with E-state index < -0.39 is 10.0 Å². The standard InChI is InChI=1S/C25H29N3O3S2/c1-16-5-10-22(19(4)12-16)23-15-32-25(26-23)27-24(29)20-6-8-21(9-7-20)33(30,31)28-13-17(2)11-18(3)14-28/h5-10,12,15,17-18H,11,13-14H2,1-4H3,(H,26,27,29)/t17-,18-/m0/s1. The molecule has 1 fully saturated rings. The van der Waals surface area contributed by atoms with Crippen molar-refractivity contribution in [3.63, 3.8) is 0 Å². The Bertz CT molecular complexity index is 1260. The van der Waals surface area contributed by atoms with Gasteiger partial charge in [-0.25, -0.2) is 13.4 Å². The van der Waals surface area contributed by atoms with E-state index in [1.54, 1.807) is 16.4 Å². The number of aryl methyl sites for hydroxylation is 2. The second kappa shape index (κ2) is 9.37. The number of amides is 1. The molecule has 4 rings (SSSR count). The van der Waals surface area contributed by atoms with Gasteiger partial charge >= 0.3 is 0 Å². The molecule has 0 saturated carbocycles. The molecule has 1 aliphatic rings. The first kappa shape index (κ1) is 23.6. The third-order valence-corrected chi connectivity index (χ3v) is 8.58. The third-order valence-electron chi connectivity index (χ3n) is 5.97. The molecular formula is C25H29N3O3S2. The van der Waals surface area contributed by atoms with Crippen LogP contribution < -0.4 is 5.32 Å². The lowest BCUT2D eigenvalue weighted by molar-refractivity contribution is 0.102. The van der Waals surface area contributed by atoms with Crippen molar-refractivity contribution < 1.29 is 13.2 Å². The molecule has 33 heavy (non-hydrogen) atoms. The molecule has 2 atom stereocenters. The quantitative estimate of drug-likeness (QED) is 0.531. The van der Waals surface area contributed by atoms with Crippen molar-refractivity contribution in [2.75, 3.05) is 18.4 Å². The van der Waals surface area contributed by atoms with Crippen LogP contribution in [0.5, 0.6) is 0 Å². The number of thiazole rings is 1. The molecule has 0 radical (unpaired) electrons. The zero-order chi connectivity index (χ0) is 23.8. The lowest BCUT2D eigenvalue weighted by atomic mass is 9.94. The Morgan fingerprint density at radius 3 is 2.36 bits per heavy atom. The van der Waals surface area contributed by atoms with Crippen LogP contribution in [-0.2, 0) is 10.0 Å². The van der Waals surface area contributed by atoms with Crippen LogP contribution in [0, 0.1) is 25.7 Å². The van der Waals surface area contributed by atoms with E-state index in [1.165, 1.54) is 29.0 Å². The van der Waals surface area contributed by atoms with Crippen LogP contribution in [0.3, 0.4) is 0 Å². The number of carbonyl (C=O) groups excluding carboxylic acids is 1. The molecule has 0 aliphatic carbocycles. The van der Waals surface area contributed by atoms with Crippen LogP contribution in [0.4, 0.5) is 5.13 Å². The molecule has 0 spiro atoms. The van der Waals surface area contributed by atoms with Gasteiger partial charge in [0.25, 0.3) is 5.91 Å². The molecule has 2 aromatic carbocycles. The second-order valence-corrected chi connectivity index (χ2v) is 11.9. The summed E-state index contributed by atoms with van der Waals surface area (Å²) in [5.41, 5.74) is 4.56. The number of hydrogen-bond donors (Lipinski definition) is 1. The van der Waals surface area contributed by atoms with Crippen molar-refractivity contribution in [3.05, 3.63) is 64.5 Å². The molecule has 2 heterocycles. The summed E-state index contributed by atoms with van der Waals surface area (Å²) in [4.78, 5) is 17.5. The maximum Gasteiger partial charge on any atom is 0.257 e. The minimum atomic E-state index is -3.57. The summed E-state index contributed by atoms with van der Waals surface area (Å²) in [6.07, 6.45) is 1.03. The number of hydrogen-bond acceptors (Lipinski definition) is 5. The fourth-order valence-corrected chi connectivity index (χ4v) is 6.84. The van der Waals surface area contributed by atoms with Crippen LogP contribution in [0.15, 0.2) is 52.7 Å². The molecule has 1 N–H and O–H groups in total. The number of anilines is 1. The molecule has 1 aromatic heterocycles. The summed E-state index contributed by atoms with van der Waals surface area (Å²) in [5, 5.41) is 5.24. The van der Waals surface area contributed by atoms with Crippen molar-refractivity contribution in [3.8, 4) is 11.3 Å². The molecule has 6 nitrogen and oxygen atoms in total. The average molecular weight is 484 g/mol. The number of nitrogens with zero attached hydrogens (tertiary/aromatic N) is 2. The summed E-state index contributed by atoms with van der Waals surface area (Å²) in [6.45, 7) is 9.31. The van der Waals surface area contributed by atoms with E-state index in [1.807, 2.05) is 31.4 Å². The van der Waals surface area contributed by atoms with E-state index >= 15 is 0 Å². The number of aromatic nitrogens is 1.